The third kappa shape index (κ3) is 6.27. The van der Waals surface area contributed by atoms with E-state index in [1.807, 2.05) is 4.72 Å². The maximum absolute atomic E-state index is 13.8. The number of likely N-dealkylation sites (N-methyl/N-ethyl adjacent to an activating group) is 1. The lowest BCUT2D eigenvalue weighted by molar-refractivity contribution is -0.889. The first kappa shape index (κ1) is 23.6. The van der Waals surface area contributed by atoms with Gasteiger partial charge in [0.1, 0.15) is 5.69 Å². The number of quaternary nitrogens is 1. The molecule has 0 aromatic heterocycles. The maximum atomic E-state index is 13.8. The molecule has 1 aromatic carbocycles. The molecule has 1 rings (SSSR count). The van der Waals surface area contributed by atoms with E-state index in [-0.39, 0.29) is 30.5 Å². The maximum Gasteiger partial charge on any atom is 0.265 e. The van der Waals surface area contributed by atoms with Crippen LogP contribution in [-0.2, 0) is 20.1 Å². The number of hydrogen-bond donors (Lipinski definition) is 3. The van der Waals surface area contributed by atoms with Crippen LogP contribution >= 0.6 is 0 Å². The normalized spacial score (nSPS) is 13.1. The molecule has 0 bridgehead atoms. The summed E-state index contributed by atoms with van der Waals surface area (Å²) in [6, 6.07) is 0. The highest BCUT2D eigenvalue weighted by atomic mass is 32.2. The van der Waals surface area contributed by atoms with Gasteiger partial charge >= 0.3 is 0 Å². The minimum atomic E-state index is -4.93. The summed E-state index contributed by atoms with van der Waals surface area (Å²) in [6.07, 6.45) is 0.0796. The summed E-state index contributed by atoms with van der Waals surface area (Å²) < 4.78 is 110. The molecule has 0 amide bonds. The van der Waals surface area contributed by atoms with E-state index in [9.17, 15) is 34.4 Å². The van der Waals surface area contributed by atoms with Crippen LogP contribution in [0, 0.1) is 23.3 Å². The van der Waals surface area contributed by atoms with Crippen molar-refractivity contribution in [2.45, 2.75) is 11.3 Å². The second-order valence-corrected chi connectivity index (χ2v) is 9.69. The number of rotatable bonds is 9. The van der Waals surface area contributed by atoms with Crippen LogP contribution in [0.3, 0.4) is 0 Å². The molecular weight excluding hydrogens is 418 g/mol. The monoisotopic (exact) mass is 438 g/mol. The average Bonchev–Trinajstić information content (AvgIpc) is 2.49. The number of halogens is 4. The molecule has 14 heteroatoms. The predicted molar refractivity (Wildman–Crippen MR) is 88.7 cm³/mol. The lowest BCUT2D eigenvalue weighted by atomic mass is 10.2. The van der Waals surface area contributed by atoms with Crippen LogP contribution < -0.4 is 10.5 Å². The summed E-state index contributed by atoms with van der Waals surface area (Å²) in [5, 5.41) is 0. The fourth-order valence-corrected chi connectivity index (χ4v) is 3.86. The van der Waals surface area contributed by atoms with Crippen molar-refractivity contribution >= 4 is 25.8 Å². The van der Waals surface area contributed by atoms with Gasteiger partial charge in [0.15, 0.2) is 28.2 Å². The molecule has 0 unspecified atom stereocenters. The van der Waals surface area contributed by atoms with Crippen molar-refractivity contribution in [1.82, 2.24) is 4.72 Å². The van der Waals surface area contributed by atoms with Crippen molar-refractivity contribution in [3.8, 4) is 0 Å². The second-order valence-electron chi connectivity index (χ2n) is 6.42. The standard InChI is InChI=1S/C13H19F4N3O5S2/c1-20(2,5-3-7-26(21,22)23)6-4-19-27(24,25)13-10(16)8(14)12(18)9(15)11(13)17/h19H,3-7,18H2,1-2H3/p+1. The van der Waals surface area contributed by atoms with Gasteiger partial charge < -0.3 is 10.2 Å². The molecule has 0 atom stereocenters. The van der Waals surface area contributed by atoms with Crippen molar-refractivity contribution in [2.75, 3.05) is 45.2 Å². The first-order chi connectivity index (χ1) is 12.1. The van der Waals surface area contributed by atoms with Crippen LogP contribution in [0.4, 0.5) is 23.2 Å². The van der Waals surface area contributed by atoms with E-state index in [0.29, 0.717) is 0 Å². The van der Waals surface area contributed by atoms with Crippen LogP contribution in [0.5, 0.6) is 0 Å². The molecule has 0 spiro atoms. The highest BCUT2D eigenvalue weighted by Crippen LogP contribution is 2.28. The van der Waals surface area contributed by atoms with Crippen LogP contribution in [0.25, 0.3) is 0 Å². The van der Waals surface area contributed by atoms with Crippen molar-refractivity contribution in [3.05, 3.63) is 23.3 Å². The lowest BCUT2D eigenvalue weighted by Crippen LogP contribution is -2.46. The third-order valence-corrected chi connectivity index (χ3v) is 5.99. The largest absolute Gasteiger partial charge is 0.394 e. The molecule has 156 valence electrons. The Morgan fingerprint density at radius 1 is 0.963 bits per heavy atom. The van der Waals surface area contributed by atoms with Gasteiger partial charge in [-0.3, -0.25) is 4.55 Å². The molecule has 0 aliphatic rings. The van der Waals surface area contributed by atoms with E-state index in [1.165, 1.54) is 0 Å². The summed E-state index contributed by atoms with van der Waals surface area (Å²) in [5.74, 6) is -8.80. The second kappa shape index (κ2) is 8.26. The predicted octanol–water partition coefficient (Wildman–Crippen LogP) is 0.458. The van der Waals surface area contributed by atoms with E-state index >= 15 is 0 Å². The van der Waals surface area contributed by atoms with Gasteiger partial charge in [-0.05, 0) is 0 Å². The fraction of sp³-hybridized carbons (Fsp3) is 0.538. The Balaban J connectivity index is 2.86. The van der Waals surface area contributed by atoms with Crippen molar-refractivity contribution < 1.29 is 43.4 Å². The van der Waals surface area contributed by atoms with Gasteiger partial charge in [0.25, 0.3) is 10.1 Å². The SMILES string of the molecule is C[N+](C)(CCCS(=O)(=O)O)CCNS(=O)(=O)c1c(F)c(F)c(N)c(F)c1F. The van der Waals surface area contributed by atoms with E-state index in [1.54, 1.807) is 14.1 Å². The van der Waals surface area contributed by atoms with Crippen molar-refractivity contribution in [3.63, 3.8) is 0 Å². The molecule has 0 saturated heterocycles. The molecular formula is C13H20F4N3O5S2+. The number of nitrogen functional groups attached to an aromatic ring is 1. The molecule has 0 aliphatic carbocycles. The quantitative estimate of drug-likeness (QED) is 0.169. The lowest BCUT2D eigenvalue weighted by Gasteiger charge is -2.29. The molecule has 0 fully saturated rings. The van der Waals surface area contributed by atoms with Gasteiger partial charge in [0, 0.05) is 6.42 Å². The van der Waals surface area contributed by atoms with Gasteiger partial charge in [0.05, 0.1) is 39.5 Å². The van der Waals surface area contributed by atoms with Gasteiger partial charge in [-0.25, -0.2) is 30.7 Å². The van der Waals surface area contributed by atoms with Crippen LogP contribution in [0.2, 0.25) is 0 Å². The van der Waals surface area contributed by atoms with Crippen LogP contribution in [0.15, 0.2) is 4.90 Å². The summed E-state index contributed by atoms with van der Waals surface area (Å²) >= 11 is 0. The highest BCUT2D eigenvalue weighted by Gasteiger charge is 2.32. The molecule has 0 aliphatic heterocycles. The molecule has 0 radical (unpaired) electrons. The summed E-state index contributed by atoms with van der Waals surface area (Å²) in [6.45, 7) is -0.0864. The number of nitrogens with zero attached hydrogens (tertiary/aromatic N) is 1. The third-order valence-electron chi connectivity index (χ3n) is 3.70. The Labute approximate surface area is 154 Å². The zero-order valence-electron chi connectivity index (χ0n) is 14.5. The number of hydrogen-bond acceptors (Lipinski definition) is 5. The average molecular weight is 438 g/mol. The molecule has 27 heavy (non-hydrogen) atoms. The first-order valence-corrected chi connectivity index (χ1v) is 10.6. The Morgan fingerprint density at radius 2 is 1.44 bits per heavy atom. The van der Waals surface area contributed by atoms with Gasteiger partial charge in [-0.15, -0.1) is 0 Å². The van der Waals surface area contributed by atoms with E-state index in [4.69, 9.17) is 10.3 Å². The van der Waals surface area contributed by atoms with E-state index in [2.05, 4.69) is 0 Å². The van der Waals surface area contributed by atoms with Crippen molar-refractivity contribution in [2.24, 2.45) is 0 Å². The Hall–Kier alpha value is -1.48. The molecule has 0 saturated carbocycles. The summed E-state index contributed by atoms with van der Waals surface area (Å²) in [5.41, 5.74) is 3.35. The number of sulfonamides is 1. The minimum absolute atomic E-state index is 0.0495. The van der Waals surface area contributed by atoms with Gasteiger partial charge in [-0.2, -0.15) is 8.42 Å². The topological polar surface area (TPSA) is 127 Å². The fourth-order valence-electron chi connectivity index (χ4n) is 2.21. The Kier molecular flexibility index (Phi) is 7.21. The zero-order chi connectivity index (χ0) is 21.2. The zero-order valence-corrected chi connectivity index (χ0v) is 16.1. The highest BCUT2D eigenvalue weighted by molar-refractivity contribution is 7.89. The Bertz CT molecular complexity index is 891. The van der Waals surface area contributed by atoms with Crippen molar-refractivity contribution in [1.29, 1.82) is 0 Å². The molecule has 0 heterocycles. The molecule has 1 aromatic rings. The summed E-state index contributed by atoms with van der Waals surface area (Å²) in [7, 11) is -5.84. The van der Waals surface area contributed by atoms with E-state index in [0.717, 1.165) is 0 Å². The number of nitrogens with one attached hydrogen (secondary N) is 1. The number of nitrogens with two attached hydrogens (primary N) is 1. The van der Waals surface area contributed by atoms with E-state index < -0.39 is 59.7 Å². The number of benzene rings is 1. The minimum Gasteiger partial charge on any atom is -0.394 e. The summed E-state index contributed by atoms with van der Waals surface area (Å²) in [4.78, 5) is -1.82. The smallest absolute Gasteiger partial charge is 0.265 e. The van der Waals surface area contributed by atoms with Crippen LogP contribution in [-0.4, -0.2) is 65.4 Å². The van der Waals surface area contributed by atoms with Gasteiger partial charge in [-0.1, -0.05) is 0 Å². The molecule has 8 nitrogen and oxygen atoms in total. The Morgan fingerprint density at radius 3 is 1.89 bits per heavy atom. The van der Waals surface area contributed by atoms with Gasteiger partial charge in [0.2, 0.25) is 10.0 Å². The molecule has 4 N–H and O–H groups in total. The number of anilines is 1. The van der Waals surface area contributed by atoms with Crippen LogP contribution in [0.1, 0.15) is 6.42 Å². The first-order valence-electron chi connectivity index (χ1n) is 7.47.